The summed E-state index contributed by atoms with van der Waals surface area (Å²) in [6.07, 6.45) is 3.31. The first-order valence-electron chi connectivity index (χ1n) is 7.50. The number of hydrogen-bond acceptors (Lipinski definition) is 4. The highest BCUT2D eigenvalue weighted by molar-refractivity contribution is 6.67. The summed E-state index contributed by atoms with van der Waals surface area (Å²) >= 11 is 0. The lowest BCUT2D eigenvalue weighted by molar-refractivity contribution is -0.137. The van der Waals surface area contributed by atoms with Gasteiger partial charge < -0.3 is 13.6 Å². The van der Waals surface area contributed by atoms with Crippen LogP contribution in [0.25, 0.3) is 0 Å². The zero-order chi connectivity index (χ0) is 15.6. The molecule has 0 rings (SSSR count). The average molecular weight is 302 g/mol. The molecule has 0 aliphatic heterocycles. The van der Waals surface area contributed by atoms with E-state index in [0.29, 0.717) is 6.61 Å². The van der Waals surface area contributed by atoms with Crippen LogP contribution in [0.1, 0.15) is 47.5 Å². The van der Waals surface area contributed by atoms with Crippen LogP contribution in [0, 0.1) is 0 Å². The van der Waals surface area contributed by atoms with Gasteiger partial charge in [-0.2, -0.15) is 0 Å². The van der Waals surface area contributed by atoms with E-state index in [1.165, 1.54) is 6.08 Å². The number of carbonyl (C=O) groups is 1. The van der Waals surface area contributed by atoms with Gasteiger partial charge in [0.15, 0.2) is 0 Å². The summed E-state index contributed by atoms with van der Waals surface area (Å²) in [4.78, 5) is 11.0. The van der Waals surface area contributed by atoms with Gasteiger partial charge >= 0.3 is 14.5 Å². The molecule has 0 saturated heterocycles. The van der Waals surface area contributed by atoms with E-state index in [1.807, 2.05) is 27.7 Å². The van der Waals surface area contributed by atoms with Gasteiger partial charge in [-0.1, -0.05) is 19.9 Å². The quantitative estimate of drug-likeness (QED) is 0.252. The Labute approximate surface area is 124 Å². The van der Waals surface area contributed by atoms with Crippen LogP contribution in [0.2, 0.25) is 12.1 Å². The molecule has 0 aromatic rings. The summed E-state index contributed by atoms with van der Waals surface area (Å²) in [6.45, 7) is 14.1. The third-order valence-corrected chi connectivity index (χ3v) is 6.82. The normalized spacial score (nSPS) is 11.9. The first-order valence-corrected chi connectivity index (χ1v) is 9.73. The molecule has 0 radical (unpaired) electrons. The third-order valence-electron chi connectivity index (χ3n) is 2.64. The molecule has 0 atom stereocenters. The molecule has 0 aliphatic carbocycles. The first kappa shape index (κ1) is 19.3. The summed E-state index contributed by atoms with van der Waals surface area (Å²) < 4.78 is 17.4. The number of hydrogen-bond donors (Lipinski definition) is 0. The van der Waals surface area contributed by atoms with Crippen molar-refractivity contribution in [1.29, 1.82) is 0 Å². The van der Waals surface area contributed by atoms with Crippen molar-refractivity contribution >= 4 is 14.5 Å². The van der Waals surface area contributed by atoms with E-state index < -0.39 is 8.56 Å². The number of ether oxygens (including phenoxy) is 1. The second-order valence-corrected chi connectivity index (χ2v) is 8.76. The Bertz CT molecular complexity index is 280. The minimum atomic E-state index is -2.22. The second kappa shape index (κ2) is 10.1. The largest absolute Gasteiger partial charge is 0.463 e. The number of rotatable bonds is 11. The Morgan fingerprint density at radius 3 is 2.10 bits per heavy atom. The maximum absolute atomic E-state index is 11.0. The van der Waals surface area contributed by atoms with Crippen LogP contribution >= 0.6 is 0 Å². The zero-order valence-electron chi connectivity index (χ0n) is 13.6. The van der Waals surface area contributed by atoms with Crippen LogP contribution in [0.15, 0.2) is 12.7 Å². The van der Waals surface area contributed by atoms with Crippen LogP contribution in [0.4, 0.5) is 0 Å². The summed E-state index contributed by atoms with van der Waals surface area (Å²) in [5.74, 6) is -0.373. The van der Waals surface area contributed by atoms with Gasteiger partial charge in [-0.3, -0.25) is 0 Å². The van der Waals surface area contributed by atoms with Gasteiger partial charge in [0.2, 0.25) is 0 Å². The molecule has 4 nitrogen and oxygen atoms in total. The lowest BCUT2D eigenvalue weighted by Crippen LogP contribution is -2.46. The molecule has 0 heterocycles. The standard InChI is InChI=1S/C15H30O4Si/c1-7-11-20(18-13(3)4,19-14(5)6)12-9-10-17-15(16)8-2/h8,13-14H,2,7,9-12H2,1,3-6H3. The van der Waals surface area contributed by atoms with Gasteiger partial charge in [0.05, 0.1) is 6.61 Å². The van der Waals surface area contributed by atoms with Crippen molar-refractivity contribution in [3.05, 3.63) is 12.7 Å². The molecular formula is C15H30O4Si. The van der Waals surface area contributed by atoms with Gasteiger partial charge in [-0.15, -0.1) is 0 Å². The molecule has 0 N–H and O–H groups in total. The van der Waals surface area contributed by atoms with Crippen LogP contribution in [-0.2, 0) is 18.4 Å². The summed E-state index contributed by atoms with van der Waals surface area (Å²) in [6, 6.07) is 1.82. The van der Waals surface area contributed by atoms with Crippen molar-refractivity contribution in [1.82, 2.24) is 0 Å². The lowest BCUT2D eigenvalue weighted by Gasteiger charge is -2.34. The average Bonchev–Trinajstić information content (AvgIpc) is 2.33. The summed E-state index contributed by atoms with van der Waals surface area (Å²) in [7, 11) is -2.22. The minimum Gasteiger partial charge on any atom is -0.463 e. The number of carbonyl (C=O) groups excluding carboxylic acids is 1. The van der Waals surface area contributed by atoms with Gasteiger partial charge in [0, 0.05) is 18.3 Å². The zero-order valence-corrected chi connectivity index (χ0v) is 14.6. The highest BCUT2D eigenvalue weighted by atomic mass is 28.4. The van der Waals surface area contributed by atoms with E-state index in [1.54, 1.807) is 0 Å². The van der Waals surface area contributed by atoms with Crippen molar-refractivity contribution in [2.75, 3.05) is 6.61 Å². The third kappa shape index (κ3) is 8.50. The molecule has 0 fully saturated rings. The van der Waals surface area contributed by atoms with Crippen LogP contribution in [-0.4, -0.2) is 33.3 Å². The van der Waals surface area contributed by atoms with Crippen molar-refractivity contribution in [2.24, 2.45) is 0 Å². The van der Waals surface area contributed by atoms with Crippen molar-refractivity contribution in [3.8, 4) is 0 Å². The van der Waals surface area contributed by atoms with E-state index in [-0.39, 0.29) is 18.2 Å². The Balaban J connectivity index is 4.54. The van der Waals surface area contributed by atoms with E-state index >= 15 is 0 Å². The van der Waals surface area contributed by atoms with Gasteiger partial charge in [0.1, 0.15) is 0 Å². The monoisotopic (exact) mass is 302 g/mol. The van der Waals surface area contributed by atoms with Crippen LogP contribution < -0.4 is 0 Å². The maximum Gasteiger partial charge on any atom is 0.338 e. The molecule has 0 amide bonds. The molecule has 0 bridgehead atoms. The highest BCUT2D eigenvalue weighted by Gasteiger charge is 2.38. The van der Waals surface area contributed by atoms with Gasteiger partial charge in [0.25, 0.3) is 0 Å². The maximum atomic E-state index is 11.0. The summed E-state index contributed by atoms with van der Waals surface area (Å²) in [5, 5.41) is 0. The van der Waals surface area contributed by atoms with E-state index in [0.717, 1.165) is 24.9 Å². The Morgan fingerprint density at radius 2 is 1.70 bits per heavy atom. The lowest BCUT2D eigenvalue weighted by atomic mass is 10.5. The molecular weight excluding hydrogens is 272 g/mol. The van der Waals surface area contributed by atoms with Crippen LogP contribution in [0.5, 0.6) is 0 Å². The Kier molecular flexibility index (Phi) is 9.80. The van der Waals surface area contributed by atoms with E-state index in [2.05, 4.69) is 13.5 Å². The molecule has 5 heteroatoms. The second-order valence-electron chi connectivity index (χ2n) is 5.47. The molecule has 0 aromatic carbocycles. The SMILES string of the molecule is C=CC(=O)OCCC[Si](CCC)(OC(C)C)OC(C)C. The summed E-state index contributed by atoms with van der Waals surface area (Å²) in [5.41, 5.74) is 0. The van der Waals surface area contributed by atoms with Gasteiger partial charge in [-0.05, 0) is 46.2 Å². The Morgan fingerprint density at radius 1 is 1.15 bits per heavy atom. The fourth-order valence-corrected chi connectivity index (χ4v) is 6.14. The van der Waals surface area contributed by atoms with Crippen molar-refractivity contribution in [2.45, 2.75) is 71.8 Å². The van der Waals surface area contributed by atoms with Crippen LogP contribution in [0.3, 0.4) is 0 Å². The van der Waals surface area contributed by atoms with E-state index in [4.69, 9.17) is 13.6 Å². The van der Waals surface area contributed by atoms with Crippen molar-refractivity contribution in [3.63, 3.8) is 0 Å². The molecule has 0 unspecified atom stereocenters. The predicted molar refractivity (Wildman–Crippen MR) is 83.9 cm³/mol. The minimum absolute atomic E-state index is 0.155. The molecule has 118 valence electrons. The predicted octanol–water partition coefficient (Wildman–Crippen LogP) is 3.81. The molecule has 0 aromatic heterocycles. The molecule has 20 heavy (non-hydrogen) atoms. The Hall–Kier alpha value is -0.653. The smallest absolute Gasteiger partial charge is 0.338 e. The molecule has 0 spiro atoms. The molecule has 0 aliphatic rings. The highest BCUT2D eigenvalue weighted by Crippen LogP contribution is 2.26. The van der Waals surface area contributed by atoms with Gasteiger partial charge in [-0.25, -0.2) is 4.79 Å². The fraction of sp³-hybridized carbons (Fsp3) is 0.800. The van der Waals surface area contributed by atoms with Crippen molar-refractivity contribution < 1.29 is 18.4 Å². The first-order chi connectivity index (χ1) is 9.35. The number of esters is 1. The topological polar surface area (TPSA) is 44.8 Å². The van der Waals surface area contributed by atoms with E-state index in [9.17, 15) is 4.79 Å². The fourth-order valence-electron chi connectivity index (χ4n) is 2.20. The molecule has 0 saturated carbocycles.